The summed E-state index contributed by atoms with van der Waals surface area (Å²) in [5.41, 5.74) is 0.976. The van der Waals surface area contributed by atoms with Gasteiger partial charge in [0, 0.05) is 6.21 Å². The minimum atomic E-state index is 0.846. The third kappa shape index (κ3) is 8.70. The third-order valence-corrected chi connectivity index (χ3v) is 3.37. The van der Waals surface area contributed by atoms with Crippen LogP contribution in [0.1, 0.15) is 71.6 Å². The van der Waals surface area contributed by atoms with Gasteiger partial charge in [-0.25, -0.2) is 0 Å². The van der Waals surface area contributed by atoms with Crippen molar-refractivity contribution in [1.29, 1.82) is 5.41 Å². The zero-order chi connectivity index (χ0) is 12.2. The van der Waals surface area contributed by atoms with E-state index < -0.39 is 0 Å². The van der Waals surface area contributed by atoms with Gasteiger partial charge in [-0.2, -0.15) is 0 Å². The molecule has 0 saturated heterocycles. The Morgan fingerprint density at radius 1 is 1.12 bits per heavy atom. The quantitative estimate of drug-likeness (QED) is 0.360. The van der Waals surface area contributed by atoms with E-state index in [1.165, 1.54) is 57.6 Å². The third-order valence-electron chi connectivity index (χ3n) is 3.37. The number of hydrogen-bond acceptors (Lipinski definition) is 1. The van der Waals surface area contributed by atoms with E-state index in [1.54, 1.807) is 0 Å². The lowest BCUT2D eigenvalue weighted by Crippen LogP contribution is -2.00. The molecule has 0 aromatic rings. The second-order valence-electron chi connectivity index (χ2n) is 4.82. The average Bonchev–Trinajstić information content (AvgIpc) is 2.32. The van der Waals surface area contributed by atoms with Gasteiger partial charge in [0.15, 0.2) is 0 Å². The van der Waals surface area contributed by atoms with E-state index in [2.05, 4.69) is 20.4 Å². The van der Waals surface area contributed by atoms with E-state index in [0.717, 1.165) is 17.9 Å². The van der Waals surface area contributed by atoms with E-state index in [-0.39, 0.29) is 0 Å². The molecule has 1 heteroatoms. The molecule has 0 radical (unpaired) electrons. The predicted octanol–water partition coefficient (Wildman–Crippen LogP) is 5.36. The smallest absolute Gasteiger partial charge is 0.0203 e. The molecule has 0 fully saturated rings. The minimum absolute atomic E-state index is 0.846. The van der Waals surface area contributed by atoms with Crippen molar-refractivity contribution in [1.82, 2.24) is 0 Å². The molecule has 0 aromatic carbocycles. The fourth-order valence-electron chi connectivity index (χ4n) is 2.05. The normalized spacial score (nSPS) is 12.4. The van der Waals surface area contributed by atoms with Gasteiger partial charge in [0.05, 0.1) is 0 Å². The molecule has 0 spiro atoms. The highest BCUT2D eigenvalue weighted by Crippen LogP contribution is 2.21. The van der Waals surface area contributed by atoms with Crippen LogP contribution in [0.4, 0.5) is 0 Å². The fraction of sp³-hybridized carbons (Fsp3) is 0.800. The number of hydrogen-bond donors (Lipinski definition) is 1. The molecule has 0 aliphatic carbocycles. The molecular weight excluding hydrogens is 194 g/mol. The maximum Gasteiger partial charge on any atom is 0.0203 e. The van der Waals surface area contributed by atoms with Crippen molar-refractivity contribution < 1.29 is 0 Å². The van der Waals surface area contributed by atoms with E-state index in [9.17, 15) is 0 Å². The van der Waals surface area contributed by atoms with Crippen molar-refractivity contribution in [3.05, 3.63) is 12.2 Å². The van der Waals surface area contributed by atoms with Gasteiger partial charge in [-0.05, 0) is 24.3 Å². The van der Waals surface area contributed by atoms with Crippen molar-refractivity contribution in [3.63, 3.8) is 0 Å². The van der Waals surface area contributed by atoms with Crippen LogP contribution >= 0.6 is 0 Å². The monoisotopic (exact) mass is 223 g/mol. The molecule has 0 heterocycles. The van der Waals surface area contributed by atoms with Crippen LogP contribution in [0, 0.1) is 11.3 Å². The molecule has 0 aliphatic rings. The average molecular weight is 223 g/mol. The van der Waals surface area contributed by atoms with Gasteiger partial charge in [-0.3, -0.25) is 0 Å². The van der Waals surface area contributed by atoms with Gasteiger partial charge >= 0.3 is 0 Å². The van der Waals surface area contributed by atoms with Gasteiger partial charge in [0.25, 0.3) is 0 Å². The van der Waals surface area contributed by atoms with Gasteiger partial charge in [0.1, 0.15) is 0 Å². The van der Waals surface area contributed by atoms with Crippen LogP contribution in [0.25, 0.3) is 0 Å². The van der Waals surface area contributed by atoms with Crippen molar-refractivity contribution in [2.24, 2.45) is 5.92 Å². The van der Waals surface area contributed by atoms with Crippen LogP contribution < -0.4 is 0 Å². The van der Waals surface area contributed by atoms with Crippen LogP contribution in [0.3, 0.4) is 0 Å². The molecule has 0 aromatic heterocycles. The summed E-state index contributed by atoms with van der Waals surface area (Å²) in [5, 5.41) is 7.10. The van der Waals surface area contributed by atoms with E-state index in [0.29, 0.717) is 0 Å². The lowest BCUT2D eigenvalue weighted by Gasteiger charge is -2.14. The molecular formula is C15H29N. The van der Waals surface area contributed by atoms with E-state index in [1.807, 2.05) is 0 Å². The Hall–Kier alpha value is -0.590. The van der Waals surface area contributed by atoms with Crippen molar-refractivity contribution in [3.8, 4) is 0 Å². The lowest BCUT2D eigenvalue weighted by atomic mass is 9.92. The maximum atomic E-state index is 7.10. The summed E-state index contributed by atoms with van der Waals surface area (Å²) in [5.74, 6) is 0.846. The second-order valence-corrected chi connectivity index (χ2v) is 4.82. The highest BCUT2D eigenvalue weighted by atomic mass is 14.3. The van der Waals surface area contributed by atoms with Crippen LogP contribution in [-0.4, -0.2) is 6.21 Å². The summed E-state index contributed by atoms with van der Waals surface area (Å²) in [6.45, 7) is 8.40. The molecule has 0 bridgehead atoms. The molecule has 0 amide bonds. The van der Waals surface area contributed by atoms with Crippen LogP contribution in [0.5, 0.6) is 0 Å². The van der Waals surface area contributed by atoms with Crippen LogP contribution in [0.2, 0.25) is 0 Å². The summed E-state index contributed by atoms with van der Waals surface area (Å²) in [4.78, 5) is 0. The van der Waals surface area contributed by atoms with E-state index in [4.69, 9.17) is 5.41 Å². The Morgan fingerprint density at radius 3 is 2.38 bits per heavy atom. The SMILES string of the molecule is C=C(C=N)CCC(CC)CCCCCCC. The van der Waals surface area contributed by atoms with Gasteiger partial charge in [-0.15, -0.1) is 0 Å². The van der Waals surface area contributed by atoms with Crippen LogP contribution in [-0.2, 0) is 0 Å². The van der Waals surface area contributed by atoms with Crippen molar-refractivity contribution >= 4 is 6.21 Å². The molecule has 1 nitrogen and oxygen atoms in total. The summed E-state index contributed by atoms with van der Waals surface area (Å²) in [6, 6.07) is 0. The highest BCUT2D eigenvalue weighted by molar-refractivity contribution is 5.74. The standard InChI is InChI=1S/C15H29N/c1-4-6-7-8-9-10-15(5-2)12-11-14(3)13-16/h13,15-16H,3-12H2,1-2H3. The maximum absolute atomic E-state index is 7.10. The highest BCUT2D eigenvalue weighted by Gasteiger charge is 2.06. The Balaban J connectivity index is 3.51. The minimum Gasteiger partial charge on any atom is -0.308 e. The van der Waals surface area contributed by atoms with Crippen molar-refractivity contribution in [2.75, 3.05) is 0 Å². The first-order chi connectivity index (χ1) is 7.74. The second kappa shape index (κ2) is 10.9. The summed E-state index contributed by atoms with van der Waals surface area (Å²) < 4.78 is 0. The van der Waals surface area contributed by atoms with Crippen molar-refractivity contribution in [2.45, 2.75) is 71.6 Å². The molecule has 1 N–H and O–H groups in total. The largest absolute Gasteiger partial charge is 0.308 e. The molecule has 0 rings (SSSR count). The van der Waals surface area contributed by atoms with Crippen LogP contribution in [0.15, 0.2) is 12.2 Å². The molecule has 1 unspecified atom stereocenters. The fourth-order valence-corrected chi connectivity index (χ4v) is 2.05. The number of rotatable bonds is 11. The van der Waals surface area contributed by atoms with Gasteiger partial charge in [-0.1, -0.05) is 65.4 Å². The first-order valence-corrected chi connectivity index (χ1v) is 6.92. The molecule has 0 saturated carbocycles. The molecule has 1 atom stereocenters. The zero-order valence-corrected chi connectivity index (χ0v) is 11.2. The van der Waals surface area contributed by atoms with Gasteiger partial charge in [0.2, 0.25) is 0 Å². The molecule has 16 heavy (non-hydrogen) atoms. The molecule has 0 aliphatic heterocycles. The number of allylic oxidation sites excluding steroid dienone is 1. The van der Waals surface area contributed by atoms with E-state index >= 15 is 0 Å². The Labute approximate surface area is 102 Å². The number of nitrogens with one attached hydrogen (secondary N) is 1. The summed E-state index contributed by atoms with van der Waals surface area (Å²) in [7, 11) is 0. The Kier molecular flexibility index (Phi) is 10.5. The van der Waals surface area contributed by atoms with Gasteiger partial charge < -0.3 is 5.41 Å². The summed E-state index contributed by atoms with van der Waals surface area (Å²) in [6.07, 6.45) is 13.2. The zero-order valence-electron chi connectivity index (χ0n) is 11.2. The topological polar surface area (TPSA) is 23.9 Å². The number of unbranched alkanes of at least 4 members (excludes halogenated alkanes) is 4. The first-order valence-electron chi connectivity index (χ1n) is 6.92. The molecule has 94 valence electrons. The Bertz CT molecular complexity index is 184. The lowest BCUT2D eigenvalue weighted by molar-refractivity contribution is 0.414. The first kappa shape index (κ1) is 15.4. The predicted molar refractivity (Wildman–Crippen MR) is 74.3 cm³/mol. The summed E-state index contributed by atoms with van der Waals surface area (Å²) >= 11 is 0. The Morgan fingerprint density at radius 2 is 1.81 bits per heavy atom.